The number of halogens is 1. The topological polar surface area (TPSA) is 55.6 Å². The highest BCUT2D eigenvalue weighted by molar-refractivity contribution is 9.10. The molecule has 2 heterocycles. The van der Waals surface area contributed by atoms with Gasteiger partial charge in [0.15, 0.2) is 0 Å². The van der Waals surface area contributed by atoms with Gasteiger partial charge in [0.25, 0.3) is 0 Å². The molecule has 6 heteroatoms. The zero-order valence-electron chi connectivity index (χ0n) is 9.81. The molecule has 1 N–H and O–H groups in total. The number of hydrogen-bond donors (Lipinski definition) is 1. The van der Waals surface area contributed by atoms with E-state index in [4.69, 9.17) is 0 Å². The molecule has 0 aliphatic carbocycles. The molecule has 0 radical (unpaired) electrons. The second kappa shape index (κ2) is 5.27. The van der Waals surface area contributed by atoms with Gasteiger partial charge < -0.3 is 5.32 Å². The van der Waals surface area contributed by atoms with Gasteiger partial charge in [0.2, 0.25) is 0 Å². The first kappa shape index (κ1) is 12.0. The number of aryl methyl sites for hydroxylation is 2. The van der Waals surface area contributed by atoms with Crippen molar-refractivity contribution in [3.05, 3.63) is 34.5 Å². The monoisotopic (exact) mass is 295 g/mol. The predicted molar refractivity (Wildman–Crippen MR) is 69.6 cm³/mol. The van der Waals surface area contributed by atoms with E-state index < -0.39 is 0 Å². The van der Waals surface area contributed by atoms with Crippen LogP contribution in [0, 0.1) is 0 Å². The highest BCUT2D eigenvalue weighted by Crippen LogP contribution is 2.12. The van der Waals surface area contributed by atoms with E-state index in [0.717, 1.165) is 29.1 Å². The Hall–Kier alpha value is -1.43. The summed E-state index contributed by atoms with van der Waals surface area (Å²) < 4.78 is 2.61. The molecule has 0 spiro atoms. The number of hydrogen-bond acceptors (Lipinski definition) is 4. The molecule has 0 fully saturated rings. The van der Waals surface area contributed by atoms with Gasteiger partial charge >= 0.3 is 0 Å². The Labute approximate surface area is 108 Å². The summed E-state index contributed by atoms with van der Waals surface area (Å²) in [6.07, 6.45) is 4.49. The fourth-order valence-corrected chi connectivity index (χ4v) is 1.95. The number of aromatic nitrogens is 4. The van der Waals surface area contributed by atoms with Gasteiger partial charge in [0.1, 0.15) is 16.7 Å². The van der Waals surface area contributed by atoms with Crippen LogP contribution in [0.1, 0.15) is 18.2 Å². The molecule has 90 valence electrons. The van der Waals surface area contributed by atoms with E-state index in [2.05, 4.69) is 43.2 Å². The van der Waals surface area contributed by atoms with Gasteiger partial charge in [-0.1, -0.05) is 6.92 Å². The average molecular weight is 296 g/mol. The lowest BCUT2D eigenvalue weighted by Gasteiger charge is -2.04. The van der Waals surface area contributed by atoms with Crippen molar-refractivity contribution >= 4 is 21.7 Å². The van der Waals surface area contributed by atoms with Crippen LogP contribution in [-0.2, 0) is 20.0 Å². The van der Waals surface area contributed by atoms with Gasteiger partial charge in [0, 0.05) is 31.4 Å². The van der Waals surface area contributed by atoms with Crippen molar-refractivity contribution in [2.45, 2.75) is 19.9 Å². The lowest BCUT2D eigenvalue weighted by atomic mass is 10.2. The second-order valence-electron chi connectivity index (χ2n) is 3.71. The van der Waals surface area contributed by atoms with Gasteiger partial charge in [-0.25, -0.2) is 9.97 Å². The van der Waals surface area contributed by atoms with Crippen LogP contribution in [0.15, 0.2) is 23.2 Å². The second-order valence-corrected chi connectivity index (χ2v) is 4.52. The van der Waals surface area contributed by atoms with Crippen LogP contribution < -0.4 is 5.32 Å². The minimum Gasteiger partial charge on any atom is -0.366 e. The number of nitrogens with one attached hydrogen (secondary N) is 1. The standard InChI is InChI=1S/C11H14BrN5/c1-3-9-8(6-17(2)16-9)5-13-11-4-10(12)14-7-15-11/h4,6-7H,3,5H2,1-2H3,(H,13,14,15). The summed E-state index contributed by atoms with van der Waals surface area (Å²) in [5.41, 5.74) is 2.32. The molecule has 0 saturated heterocycles. The summed E-state index contributed by atoms with van der Waals surface area (Å²) in [5, 5.41) is 7.65. The molecule has 0 aliphatic rings. The van der Waals surface area contributed by atoms with E-state index in [1.807, 2.05) is 24.0 Å². The van der Waals surface area contributed by atoms with Crippen molar-refractivity contribution in [1.82, 2.24) is 19.7 Å². The third-order valence-electron chi connectivity index (χ3n) is 2.42. The normalized spacial score (nSPS) is 10.5. The Kier molecular flexibility index (Phi) is 3.73. The molecule has 2 aromatic heterocycles. The third kappa shape index (κ3) is 3.03. The average Bonchev–Trinajstić information content (AvgIpc) is 2.67. The van der Waals surface area contributed by atoms with Crippen LogP contribution in [0.3, 0.4) is 0 Å². The van der Waals surface area contributed by atoms with Crippen LogP contribution >= 0.6 is 15.9 Å². The van der Waals surface area contributed by atoms with Gasteiger partial charge in [-0.15, -0.1) is 0 Å². The molecular formula is C11H14BrN5. The highest BCUT2D eigenvalue weighted by Gasteiger charge is 2.05. The van der Waals surface area contributed by atoms with E-state index in [0.29, 0.717) is 0 Å². The summed E-state index contributed by atoms with van der Waals surface area (Å²) in [6, 6.07) is 1.85. The van der Waals surface area contributed by atoms with Crippen LogP contribution in [0.4, 0.5) is 5.82 Å². The number of nitrogens with zero attached hydrogens (tertiary/aromatic N) is 4. The van der Waals surface area contributed by atoms with Gasteiger partial charge in [0.05, 0.1) is 5.69 Å². The fourth-order valence-electron chi connectivity index (χ4n) is 1.65. The zero-order valence-corrected chi connectivity index (χ0v) is 11.4. The molecular weight excluding hydrogens is 282 g/mol. The first-order chi connectivity index (χ1) is 8.19. The number of anilines is 1. The van der Waals surface area contributed by atoms with Crippen LogP contribution in [0.2, 0.25) is 0 Å². The molecule has 0 amide bonds. The Bertz CT molecular complexity index is 508. The quantitative estimate of drug-likeness (QED) is 0.878. The van der Waals surface area contributed by atoms with Crippen molar-refractivity contribution in [3.63, 3.8) is 0 Å². The van der Waals surface area contributed by atoms with Crippen molar-refractivity contribution in [3.8, 4) is 0 Å². The maximum Gasteiger partial charge on any atom is 0.130 e. The molecule has 0 atom stereocenters. The molecule has 0 saturated carbocycles. The van der Waals surface area contributed by atoms with Crippen LogP contribution in [-0.4, -0.2) is 19.7 Å². The fraction of sp³-hybridized carbons (Fsp3) is 0.364. The van der Waals surface area contributed by atoms with Crippen molar-refractivity contribution in [2.24, 2.45) is 7.05 Å². The third-order valence-corrected chi connectivity index (χ3v) is 2.85. The van der Waals surface area contributed by atoms with E-state index in [1.165, 1.54) is 11.9 Å². The first-order valence-corrected chi connectivity index (χ1v) is 6.21. The molecule has 2 aromatic rings. The maximum absolute atomic E-state index is 4.39. The summed E-state index contributed by atoms with van der Waals surface area (Å²) in [5.74, 6) is 0.804. The van der Waals surface area contributed by atoms with Gasteiger partial charge in [-0.3, -0.25) is 4.68 Å². The highest BCUT2D eigenvalue weighted by atomic mass is 79.9. The summed E-state index contributed by atoms with van der Waals surface area (Å²) in [7, 11) is 1.93. The molecule has 0 aromatic carbocycles. The summed E-state index contributed by atoms with van der Waals surface area (Å²) in [4.78, 5) is 8.12. The lowest BCUT2D eigenvalue weighted by Crippen LogP contribution is -2.02. The van der Waals surface area contributed by atoms with Crippen molar-refractivity contribution < 1.29 is 0 Å². The summed E-state index contributed by atoms with van der Waals surface area (Å²) >= 11 is 3.31. The van der Waals surface area contributed by atoms with Crippen molar-refractivity contribution in [1.29, 1.82) is 0 Å². The van der Waals surface area contributed by atoms with E-state index >= 15 is 0 Å². The van der Waals surface area contributed by atoms with E-state index in [9.17, 15) is 0 Å². The Morgan fingerprint density at radius 2 is 2.24 bits per heavy atom. The van der Waals surface area contributed by atoms with Crippen molar-refractivity contribution in [2.75, 3.05) is 5.32 Å². The summed E-state index contributed by atoms with van der Waals surface area (Å²) in [6.45, 7) is 2.83. The lowest BCUT2D eigenvalue weighted by molar-refractivity contribution is 0.746. The molecule has 17 heavy (non-hydrogen) atoms. The first-order valence-electron chi connectivity index (χ1n) is 5.42. The van der Waals surface area contributed by atoms with Crippen LogP contribution in [0.25, 0.3) is 0 Å². The molecule has 0 aliphatic heterocycles. The van der Waals surface area contributed by atoms with Crippen LogP contribution in [0.5, 0.6) is 0 Å². The minimum atomic E-state index is 0.723. The maximum atomic E-state index is 4.39. The Morgan fingerprint density at radius 3 is 2.94 bits per heavy atom. The minimum absolute atomic E-state index is 0.723. The van der Waals surface area contributed by atoms with E-state index in [-0.39, 0.29) is 0 Å². The van der Waals surface area contributed by atoms with E-state index in [1.54, 1.807) is 0 Å². The Balaban J connectivity index is 2.06. The van der Waals surface area contributed by atoms with Gasteiger partial charge in [-0.05, 0) is 22.4 Å². The number of rotatable bonds is 4. The smallest absolute Gasteiger partial charge is 0.130 e. The molecule has 5 nitrogen and oxygen atoms in total. The Morgan fingerprint density at radius 1 is 1.41 bits per heavy atom. The molecule has 0 unspecified atom stereocenters. The predicted octanol–water partition coefficient (Wildman–Crippen LogP) is 2.15. The SMILES string of the molecule is CCc1nn(C)cc1CNc1cc(Br)ncn1. The molecule has 0 bridgehead atoms. The zero-order chi connectivity index (χ0) is 12.3. The van der Waals surface area contributed by atoms with Gasteiger partial charge in [-0.2, -0.15) is 5.10 Å². The largest absolute Gasteiger partial charge is 0.366 e. The molecule has 2 rings (SSSR count).